The summed E-state index contributed by atoms with van der Waals surface area (Å²) < 4.78 is 0. The number of nitrogens with one attached hydrogen (secondary N) is 1. The maximum Gasteiger partial charge on any atom is 0.138 e. The van der Waals surface area contributed by atoms with Gasteiger partial charge in [-0.25, -0.2) is 9.97 Å². The van der Waals surface area contributed by atoms with Crippen LogP contribution < -0.4 is 5.32 Å². The third kappa shape index (κ3) is 4.00. The van der Waals surface area contributed by atoms with Gasteiger partial charge in [0.15, 0.2) is 0 Å². The molecule has 23 heavy (non-hydrogen) atoms. The van der Waals surface area contributed by atoms with Gasteiger partial charge < -0.3 is 15.1 Å². The number of aromatic nitrogens is 2. The summed E-state index contributed by atoms with van der Waals surface area (Å²) in [7, 11) is 2.20. The Morgan fingerprint density at radius 3 is 2.70 bits per heavy atom. The minimum Gasteiger partial charge on any atom is -0.364 e. The molecule has 0 saturated carbocycles. The summed E-state index contributed by atoms with van der Waals surface area (Å²) in [5.41, 5.74) is 1.27. The number of likely N-dealkylation sites (N-methyl/N-ethyl adjacent to an activating group) is 1. The van der Waals surface area contributed by atoms with E-state index in [-0.39, 0.29) is 5.54 Å². The minimum absolute atomic E-state index is 0.0129. The quantitative estimate of drug-likeness (QED) is 0.911. The molecule has 0 amide bonds. The second-order valence-corrected chi connectivity index (χ2v) is 8.08. The molecule has 6 heteroatoms. The molecule has 1 saturated heterocycles. The van der Waals surface area contributed by atoms with Crippen LogP contribution in [0.3, 0.4) is 0 Å². The Morgan fingerprint density at radius 1 is 1.22 bits per heavy atom. The molecule has 0 radical (unpaired) electrons. The Morgan fingerprint density at radius 2 is 1.96 bits per heavy atom. The van der Waals surface area contributed by atoms with Crippen LogP contribution in [-0.4, -0.2) is 65.1 Å². The smallest absolute Gasteiger partial charge is 0.138 e. The van der Waals surface area contributed by atoms with Gasteiger partial charge in [-0.15, -0.1) is 11.3 Å². The van der Waals surface area contributed by atoms with E-state index in [1.165, 1.54) is 37.1 Å². The van der Waals surface area contributed by atoms with E-state index >= 15 is 0 Å². The largest absolute Gasteiger partial charge is 0.364 e. The zero-order valence-electron chi connectivity index (χ0n) is 14.6. The predicted octanol–water partition coefficient (Wildman–Crippen LogP) is 2.83. The van der Waals surface area contributed by atoms with E-state index in [4.69, 9.17) is 0 Å². The lowest BCUT2D eigenvalue weighted by molar-refractivity contribution is 0.147. The van der Waals surface area contributed by atoms with Crippen LogP contribution in [0.2, 0.25) is 0 Å². The van der Waals surface area contributed by atoms with Crippen molar-refractivity contribution in [1.82, 2.24) is 19.8 Å². The van der Waals surface area contributed by atoms with Crippen LogP contribution in [0, 0.1) is 6.92 Å². The van der Waals surface area contributed by atoms with Crippen molar-refractivity contribution in [2.45, 2.75) is 32.7 Å². The normalized spacial score (nSPS) is 17.7. The van der Waals surface area contributed by atoms with Crippen molar-refractivity contribution in [2.24, 2.45) is 0 Å². The summed E-state index contributed by atoms with van der Waals surface area (Å²) >= 11 is 1.69. The minimum atomic E-state index is 0.0129. The highest BCUT2D eigenvalue weighted by Crippen LogP contribution is 2.30. The lowest BCUT2D eigenvalue weighted by atomic mass is 9.99. The van der Waals surface area contributed by atoms with E-state index < -0.39 is 0 Å². The summed E-state index contributed by atoms with van der Waals surface area (Å²) in [6.07, 6.45) is 2.77. The van der Waals surface area contributed by atoms with Crippen LogP contribution >= 0.6 is 11.3 Å². The average Bonchev–Trinajstić information content (AvgIpc) is 2.89. The summed E-state index contributed by atoms with van der Waals surface area (Å²) in [6, 6.07) is 0. The van der Waals surface area contributed by atoms with Crippen molar-refractivity contribution in [1.29, 1.82) is 0 Å². The zero-order valence-corrected chi connectivity index (χ0v) is 15.4. The van der Waals surface area contributed by atoms with Gasteiger partial charge in [-0.3, -0.25) is 0 Å². The molecule has 0 spiro atoms. The van der Waals surface area contributed by atoms with Crippen LogP contribution in [-0.2, 0) is 0 Å². The van der Waals surface area contributed by atoms with Gasteiger partial charge in [-0.1, -0.05) is 0 Å². The van der Waals surface area contributed by atoms with Gasteiger partial charge in [0, 0.05) is 38.3 Å². The standard InChI is InChI=1S/C17H27N5S/c1-13-11-23-16-14(13)15(18-12-19-16)20-17(2,3)5-6-22-9-7-21(4)8-10-22/h11-12H,5-10H2,1-4H3,(H,18,19,20). The van der Waals surface area contributed by atoms with Crippen molar-refractivity contribution in [3.63, 3.8) is 0 Å². The maximum atomic E-state index is 4.49. The number of nitrogens with zero attached hydrogens (tertiary/aromatic N) is 4. The lowest BCUT2D eigenvalue weighted by Crippen LogP contribution is -2.46. The molecule has 1 fully saturated rings. The molecule has 2 aromatic heterocycles. The van der Waals surface area contributed by atoms with Crippen molar-refractivity contribution in [3.8, 4) is 0 Å². The van der Waals surface area contributed by atoms with Crippen molar-refractivity contribution in [3.05, 3.63) is 17.3 Å². The molecule has 0 aliphatic carbocycles. The first-order valence-corrected chi connectivity index (χ1v) is 9.20. The fourth-order valence-electron chi connectivity index (χ4n) is 3.00. The molecular formula is C17H27N5S. The van der Waals surface area contributed by atoms with E-state index in [0.29, 0.717) is 0 Å². The van der Waals surface area contributed by atoms with E-state index in [0.717, 1.165) is 23.6 Å². The summed E-state index contributed by atoms with van der Waals surface area (Å²) in [5.74, 6) is 0.970. The SMILES string of the molecule is Cc1csc2ncnc(NC(C)(C)CCN3CCN(C)CC3)c12. The Bertz CT molecular complexity index is 658. The number of hydrogen-bond donors (Lipinski definition) is 1. The number of fused-ring (bicyclic) bond motifs is 1. The zero-order chi connectivity index (χ0) is 16.4. The predicted molar refractivity (Wildman–Crippen MR) is 98.4 cm³/mol. The molecule has 126 valence electrons. The number of hydrogen-bond acceptors (Lipinski definition) is 6. The second-order valence-electron chi connectivity index (χ2n) is 7.22. The molecule has 1 aliphatic rings. The molecule has 0 bridgehead atoms. The van der Waals surface area contributed by atoms with Crippen molar-refractivity contribution < 1.29 is 0 Å². The van der Waals surface area contributed by atoms with E-state index in [1.54, 1.807) is 17.7 Å². The van der Waals surface area contributed by atoms with Crippen LogP contribution in [0.1, 0.15) is 25.8 Å². The van der Waals surface area contributed by atoms with Crippen LogP contribution in [0.25, 0.3) is 10.2 Å². The van der Waals surface area contributed by atoms with Gasteiger partial charge in [0.05, 0.1) is 5.39 Å². The van der Waals surface area contributed by atoms with Gasteiger partial charge in [-0.05, 0) is 45.2 Å². The van der Waals surface area contributed by atoms with Gasteiger partial charge in [0.2, 0.25) is 0 Å². The third-order valence-corrected chi connectivity index (χ3v) is 5.66. The number of aryl methyl sites for hydroxylation is 1. The highest BCUT2D eigenvalue weighted by Gasteiger charge is 2.22. The molecule has 1 aliphatic heterocycles. The first-order chi connectivity index (χ1) is 10.9. The van der Waals surface area contributed by atoms with Crippen LogP contribution in [0.4, 0.5) is 5.82 Å². The molecule has 3 heterocycles. The molecular weight excluding hydrogens is 306 g/mol. The Hall–Kier alpha value is -1.24. The summed E-state index contributed by atoms with van der Waals surface area (Å²) in [5, 5.41) is 6.98. The number of piperazine rings is 1. The molecule has 0 unspecified atom stereocenters. The van der Waals surface area contributed by atoms with Gasteiger partial charge >= 0.3 is 0 Å². The van der Waals surface area contributed by atoms with Gasteiger partial charge in [0.25, 0.3) is 0 Å². The number of rotatable bonds is 5. The second kappa shape index (κ2) is 6.71. The lowest BCUT2D eigenvalue weighted by Gasteiger charge is -2.35. The maximum absolute atomic E-state index is 4.49. The van der Waals surface area contributed by atoms with E-state index in [2.05, 4.69) is 58.3 Å². The van der Waals surface area contributed by atoms with Crippen LogP contribution in [0.15, 0.2) is 11.7 Å². The number of anilines is 1. The molecule has 0 aromatic carbocycles. The Kier molecular flexibility index (Phi) is 4.85. The molecule has 3 rings (SSSR count). The molecule has 1 N–H and O–H groups in total. The summed E-state index contributed by atoms with van der Waals surface area (Å²) in [4.78, 5) is 14.9. The monoisotopic (exact) mass is 333 g/mol. The molecule has 0 atom stereocenters. The van der Waals surface area contributed by atoms with E-state index in [1.807, 2.05) is 0 Å². The Balaban J connectivity index is 1.64. The Labute approximate surface area is 142 Å². The van der Waals surface area contributed by atoms with E-state index in [9.17, 15) is 0 Å². The highest BCUT2D eigenvalue weighted by molar-refractivity contribution is 7.17. The topological polar surface area (TPSA) is 44.3 Å². The highest BCUT2D eigenvalue weighted by atomic mass is 32.1. The first kappa shape index (κ1) is 16.6. The average molecular weight is 334 g/mol. The third-order valence-electron chi connectivity index (χ3n) is 4.66. The van der Waals surface area contributed by atoms with Gasteiger partial charge in [-0.2, -0.15) is 0 Å². The molecule has 2 aromatic rings. The number of thiophene rings is 1. The van der Waals surface area contributed by atoms with Crippen LogP contribution in [0.5, 0.6) is 0 Å². The summed E-state index contributed by atoms with van der Waals surface area (Å²) in [6.45, 7) is 12.5. The molecule has 5 nitrogen and oxygen atoms in total. The fourth-order valence-corrected chi connectivity index (χ4v) is 3.89. The first-order valence-electron chi connectivity index (χ1n) is 8.32. The van der Waals surface area contributed by atoms with Gasteiger partial charge in [0.1, 0.15) is 17.0 Å². The fraction of sp³-hybridized carbons (Fsp3) is 0.647. The van der Waals surface area contributed by atoms with Crippen molar-refractivity contribution >= 4 is 27.4 Å². The van der Waals surface area contributed by atoms with Crippen molar-refractivity contribution in [2.75, 3.05) is 45.1 Å².